The number of unbranched alkanes of at least 4 members (excludes halogenated alkanes) is 4. The summed E-state index contributed by atoms with van der Waals surface area (Å²) in [5.74, 6) is -0.199. The minimum absolute atomic E-state index is 0.199. The zero-order valence-corrected chi connectivity index (χ0v) is 10.9. The summed E-state index contributed by atoms with van der Waals surface area (Å²) in [6.45, 7) is 2.14. The van der Waals surface area contributed by atoms with Gasteiger partial charge in [-0.2, -0.15) is 8.42 Å². The molecule has 0 amide bonds. The number of rotatable bonds is 10. The van der Waals surface area contributed by atoms with Crippen LogP contribution in [0.5, 0.6) is 0 Å². The van der Waals surface area contributed by atoms with Crippen LogP contribution in [0.3, 0.4) is 0 Å². The lowest BCUT2D eigenvalue weighted by Crippen LogP contribution is -2.08. The molecule has 16 heavy (non-hydrogen) atoms. The fraction of sp³-hybridized carbons (Fsp3) is 1.00. The van der Waals surface area contributed by atoms with E-state index in [0.717, 1.165) is 19.3 Å². The lowest BCUT2D eigenvalue weighted by atomic mass is 10.1. The Hall–Kier alpha value is -0.130. The maximum Gasteiger partial charge on any atom is 0.264 e. The van der Waals surface area contributed by atoms with E-state index in [4.69, 9.17) is 4.55 Å². The summed E-state index contributed by atoms with van der Waals surface area (Å²) >= 11 is 0. The van der Waals surface area contributed by atoms with Crippen molar-refractivity contribution in [2.24, 2.45) is 0 Å². The number of aliphatic hydroxyl groups is 1. The Bertz CT molecular complexity index is 249. The molecule has 0 aliphatic heterocycles. The van der Waals surface area contributed by atoms with Crippen LogP contribution < -0.4 is 0 Å². The van der Waals surface area contributed by atoms with Crippen LogP contribution in [-0.2, 0) is 10.1 Å². The smallest absolute Gasteiger partial charge is 0.264 e. The molecule has 1 unspecified atom stereocenters. The van der Waals surface area contributed by atoms with Crippen molar-refractivity contribution in [2.45, 2.75) is 64.4 Å². The van der Waals surface area contributed by atoms with Crippen molar-refractivity contribution in [3.05, 3.63) is 0 Å². The zero-order valence-electron chi connectivity index (χ0n) is 10.1. The molecule has 5 heteroatoms. The maximum absolute atomic E-state index is 10.4. The molecule has 0 aliphatic carbocycles. The second-order valence-electron chi connectivity index (χ2n) is 4.28. The van der Waals surface area contributed by atoms with E-state index in [-0.39, 0.29) is 11.9 Å². The average molecular weight is 252 g/mol. The van der Waals surface area contributed by atoms with E-state index in [1.165, 1.54) is 12.8 Å². The summed E-state index contributed by atoms with van der Waals surface area (Å²) < 4.78 is 29.3. The van der Waals surface area contributed by atoms with Gasteiger partial charge in [0.1, 0.15) is 0 Å². The van der Waals surface area contributed by atoms with Crippen molar-refractivity contribution in [2.75, 3.05) is 5.75 Å². The number of hydrogen-bond donors (Lipinski definition) is 2. The third-order valence-corrected chi connectivity index (χ3v) is 3.39. The average Bonchev–Trinajstić information content (AvgIpc) is 2.18. The molecule has 0 aromatic rings. The molecule has 0 radical (unpaired) electrons. The molecule has 0 fully saturated rings. The van der Waals surface area contributed by atoms with Gasteiger partial charge in [-0.05, 0) is 25.7 Å². The standard InChI is InChI=1S/C11H24O4S/c1-2-3-4-5-8-11(12)9-6-7-10-16(13,14)15/h11-12H,2-10H2,1H3,(H,13,14,15). The Labute approximate surface area is 98.8 Å². The van der Waals surface area contributed by atoms with E-state index in [9.17, 15) is 13.5 Å². The van der Waals surface area contributed by atoms with E-state index >= 15 is 0 Å². The van der Waals surface area contributed by atoms with Crippen LogP contribution in [-0.4, -0.2) is 29.9 Å². The van der Waals surface area contributed by atoms with Gasteiger partial charge in [-0.3, -0.25) is 4.55 Å². The summed E-state index contributed by atoms with van der Waals surface area (Å²) in [7, 11) is -3.83. The van der Waals surface area contributed by atoms with E-state index < -0.39 is 10.1 Å². The third kappa shape index (κ3) is 11.9. The molecule has 0 bridgehead atoms. The Morgan fingerprint density at radius 1 is 1.00 bits per heavy atom. The van der Waals surface area contributed by atoms with E-state index in [2.05, 4.69) is 6.92 Å². The maximum atomic E-state index is 10.4. The van der Waals surface area contributed by atoms with Crippen LogP contribution >= 0.6 is 0 Å². The highest BCUT2D eigenvalue weighted by atomic mass is 32.2. The Morgan fingerprint density at radius 3 is 2.06 bits per heavy atom. The Balaban J connectivity index is 3.33. The zero-order chi connectivity index (χ0) is 12.4. The number of aliphatic hydroxyl groups excluding tert-OH is 1. The molecule has 0 spiro atoms. The van der Waals surface area contributed by atoms with Gasteiger partial charge in [0.2, 0.25) is 0 Å². The second kappa shape index (κ2) is 8.96. The first-order chi connectivity index (χ1) is 7.45. The van der Waals surface area contributed by atoms with Crippen molar-refractivity contribution in [1.82, 2.24) is 0 Å². The van der Waals surface area contributed by atoms with Crippen LogP contribution in [0.4, 0.5) is 0 Å². The molecule has 0 aliphatic rings. The lowest BCUT2D eigenvalue weighted by Gasteiger charge is -2.09. The van der Waals surface area contributed by atoms with Gasteiger partial charge >= 0.3 is 0 Å². The third-order valence-electron chi connectivity index (χ3n) is 2.58. The van der Waals surface area contributed by atoms with Crippen molar-refractivity contribution >= 4 is 10.1 Å². The molecule has 1 atom stereocenters. The van der Waals surface area contributed by atoms with Gasteiger partial charge in [-0.25, -0.2) is 0 Å². The van der Waals surface area contributed by atoms with Crippen LogP contribution in [0.1, 0.15) is 58.3 Å². The molecule has 98 valence electrons. The molecule has 0 rings (SSSR count). The van der Waals surface area contributed by atoms with Gasteiger partial charge in [0, 0.05) is 0 Å². The minimum atomic E-state index is -3.83. The predicted molar refractivity (Wildman–Crippen MR) is 65.0 cm³/mol. The topological polar surface area (TPSA) is 74.6 Å². The monoisotopic (exact) mass is 252 g/mol. The SMILES string of the molecule is CCCCCCC(O)CCCCS(=O)(=O)O. The molecule has 0 saturated carbocycles. The van der Waals surface area contributed by atoms with Crippen LogP contribution in [0.25, 0.3) is 0 Å². The molecule has 0 saturated heterocycles. The van der Waals surface area contributed by atoms with Crippen LogP contribution in [0, 0.1) is 0 Å². The lowest BCUT2D eigenvalue weighted by molar-refractivity contribution is 0.148. The summed E-state index contributed by atoms with van der Waals surface area (Å²) in [6.07, 6.45) is 6.75. The Morgan fingerprint density at radius 2 is 1.56 bits per heavy atom. The molecule has 0 aromatic heterocycles. The summed E-state index contributed by atoms with van der Waals surface area (Å²) in [5, 5.41) is 9.57. The van der Waals surface area contributed by atoms with Crippen LogP contribution in [0.2, 0.25) is 0 Å². The highest BCUT2D eigenvalue weighted by Gasteiger charge is 2.06. The van der Waals surface area contributed by atoms with Gasteiger partial charge in [0.05, 0.1) is 11.9 Å². The first-order valence-corrected chi connectivity index (χ1v) is 7.70. The van der Waals surface area contributed by atoms with Crippen molar-refractivity contribution in [3.8, 4) is 0 Å². The van der Waals surface area contributed by atoms with Gasteiger partial charge in [-0.15, -0.1) is 0 Å². The van der Waals surface area contributed by atoms with Crippen LogP contribution in [0.15, 0.2) is 0 Å². The van der Waals surface area contributed by atoms with Gasteiger partial charge < -0.3 is 5.11 Å². The summed E-state index contributed by atoms with van der Waals surface area (Å²) in [5.41, 5.74) is 0. The highest BCUT2D eigenvalue weighted by molar-refractivity contribution is 7.85. The van der Waals surface area contributed by atoms with Crippen molar-refractivity contribution in [1.29, 1.82) is 0 Å². The first kappa shape index (κ1) is 15.9. The fourth-order valence-corrected chi connectivity index (χ4v) is 2.18. The molecular formula is C11H24O4S. The fourth-order valence-electron chi connectivity index (χ4n) is 1.62. The molecule has 0 aromatic carbocycles. The van der Waals surface area contributed by atoms with E-state index in [1.54, 1.807) is 0 Å². The highest BCUT2D eigenvalue weighted by Crippen LogP contribution is 2.10. The second-order valence-corrected chi connectivity index (χ2v) is 5.86. The molecule has 0 heterocycles. The molecule has 2 N–H and O–H groups in total. The first-order valence-electron chi connectivity index (χ1n) is 6.09. The van der Waals surface area contributed by atoms with Crippen molar-refractivity contribution in [3.63, 3.8) is 0 Å². The molecule has 4 nitrogen and oxygen atoms in total. The Kier molecular flexibility index (Phi) is 8.89. The van der Waals surface area contributed by atoms with E-state index in [0.29, 0.717) is 19.3 Å². The predicted octanol–water partition coefficient (Wildman–Crippen LogP) is 2.38. The molecular weight excluding hydrogens is 228 g/mol. The minimum Gasteiger partial charge on any atom is -0.393 e. The quantitative estimate of drug-likeness (QED) is 0.462. The van der Waals surface area contributed by atoms with Gasteiger partial charge in [-0.1, -0.05) is 32.6 Å². The number of hydrogen-bond acceptors (Lipinski definition) is 3. The van der Waals surface area contributed by atoms with Gasteiger partial charge in [0.15, 0.2) is 0 Å². The summed E-state index contributed by atoms with van der Waals surface area (Å²) in [6, 6.07) is 0. The normalized spacial score (nSPS) is 13.9. The van der Waals surface area contributed by atoms with Crippen molar-refractivity contribution < 1.29 is 18.1 Å². The van der Waals surface area contributed by atoms with E-state index in [1.807, 2.05) is 0 Å². The summed E-state index contributed by atoms with van der Waals surface area (Å²) in [4.78, 5) is 0. The van der Waals surface area contributed by atoms with Gasteiger partial charge in [0.25, 0.3) is 10.1 Å². The largest absolute Gasteiger partial charge is 0.393 e.